The molecule has 0 aliphatic carbocycles. The van der Waals surface area contributed by atoms with Crippen molar-refractivity contribution in [3.63, 3.8) is 0 Å². The normalized spacial score (nSPS) is 9.57. The first-order valence-electron chi connectivity index (χ1n) is 6.68. The van der Waals surface area contributed by atoms with Gasteiger partial charge in [-0.05, 0) is 24.3 Å². The Morgan fingerprint density at radius 2 is 1.86 bits per heavy atom. The zero-order chi connectivity index (χ0) is 14.2. The number of likely N-dealkylation sites (N-methyl/N-ethyl adjacent to an activating group) is 1. The standard InChI is InChI=1S/C16H19N3O.ClH/c1-19(12-10-15-9-5-6-11-17-15)16(20)13-18-14-7-3-2-4-8-14;/h2-9,11,18H,10,12-13H2,1H3;1H. The lowest BCUT2D eigenvalue weighted by molar-refractivity contribution is -0.127. The number of carbonyl (C=O) groups is 1. The van der Waals surface area contributed by atoms with Crippen LogP contribution in [0.3, 0.4) is 0 Å². The Bertz CT molecular complexity index is 534. The van der Waals surface area contributed by atoms with Crippen LogP contribution in [0.2, 0.25) is 0 Å². The average molecular weight is 306 g/mol. The van der Waals surface area contributed by atoms with E-state index in [0.717, 1.165) is 17.8 Å². The molecule has 4 nitrogen and oxygen atoms in total. The highest BCUT2D eigenvalue weighted by Gasteiger charge is 2.08. The van der Waals surface area contributed by atoms with Gasteiger partial charge in [0.2, 0.25) is 5.91 Å². The Hall–Kier alpha value is -2.07. The maximum absolute atomic E-state index is 12.0. The molecule has 1 aromatic heterocycles. The van der Waals surface area contributed by atoms with Crippen LogP contribution in [0.15, 0.2) is 54.7 Å². The van der Waals surface area contributed by atoms with Crippen LogP contribution in [0, 0.1) is 0 Å². The van der Waals surface area contributed by atoms with Crippen molar-refractivity contribution in [1.82, 2.24) is 9.88 Å². The van der Waals surface area contributed by atoms with Gasteiger partial charge in [-0.15, -0.1) is 12.4 Å². The van der Waals surface area contributed by atoms with Crippen LogP contribution in [0.4, 0.5) is 5.69 Å². The highest BCUT2D eigenvalue weighted by molar-refractivity contribution is 5.85. The number of aromatic nitrogens is 1. The van der Waals surface area contributed by atoms with Gasteiger partial charge in [0.15, 0.2) is 0 Å². The quantitative estimate of drug-likeness (QED) is 0.892. The molecular formula is C16H20ClN3O. The van der Waals surface area contributed by atoms with Crippen molar-refractivity contribution in [2.75, 3.05) is 25.5 Å². The van der Waals surface area contributed by atoms with Crippen LogP contribution in [0.25, 0.3) is 0 Å². The molecule has 0 saturated heterocycles. The van der Waals surface area contributed by atoms with Crippen LogP contribution < -0.4 is 5.32 Å². The average Bonchev–Trinajstić information content (AvgIpc) is 2.52. The molecule has 21 heavy (non-hydrogen) atoms. The summed E-state index contributed by atoms with van der Waals surface area (Å²) in [6.45, 7) is 0.981. The summed E-state index contributed by atoms with van der Waals surface area (Å²) in [6.07, 6.45) is 2.54. The molecule has 112 valence electrons. The molecule has 1 heterocycles. The third kappa shape index (κ3) is 5.83. The number of nitrogens with one attached hydrogen (secondary N) is 1. The summed E-state index contributed by atoms with van der Waals surface area (Å²) < 4.78 is 0. The first-order valence-corrected chi connectivity index (χ1v) is 6.68. The molecule has 2 rings (SSSR count). The molecule has 1 amide bonds. The van der Waals surface area contributed by atoms with E-state index in [2.05, 4.69) is 10.3 Å². The molecule has 0 saturated carbocycles. The van der Waals surface area contributed by atoms with Gasteiger partial charge in [0, 0.05) is 37.6 Å². The van der Waals surface area contributed by atoms with Gasteiger partial charge in [-0.2, -0.15) is 0 Å². The van der Waals surface area contributed by atoms with Gasteiger partial charge in [-0.3, -0.25) is 9.78 Å². The molecule has 1 N–H and O–H groups in total. The maximum atomic E-state index is 12.0. The Kier molecular flexibility index (Phi) is 7.26. The SMILES string of the molecule is CN(CCc1ccccn1)C(=O)CNc1ccccc1.Cl. The van der Waals surface area contributed by atoms with E-state index in [-0.39, 0.29) is 18.3 Å². The number of para-hydroxylation sites is 1. The highest BCUT2D eigenvalue weighted by Crippen LogP contribution is 2.04. The highest BCUT2D eigenvalue weighted by atomic mass is 35.5. The van der Waals surface area contributed by atoms with E-state index < -0.39 is 0 Å². The van der Waals surface area contributed by atoms with Crippen molar-refractivity contribution >= 4 is 24.0 Å². The minimum atomic E-state index is 0. The van der Waals surface area contributed by atoms with Gasteiger partial charge in [-0.1, -0.05) is 24.3 Å². The summed E-state index contributed by atoms with van der Waals surface area (Å²) in [5.41, 5.74) is 1.96. The lowest BCUT2D eigenvalue weighted by atomic mass is 10.2. The Morgan fingerprint density at radius 3 is 2.52 bits per heavy atom. The Balaban J connectivity index is 0.00000220. The molecule has 0 bridgehead atoms. The molecule has 0 aliphatic rings. The smallest absolute Gasteiger partial charge is 0.241 e. The molecule has 0 spiro atoms. The fourth-order valence-corrected chi connectivity index (χ4v) is 1.82. The number of rotatable bonds is 6. The number of hydrogen-bond donors (Lipinski definition) is 1. The predicted molar refractivity (Wildman–Crippen MR) is 87.8 cm³/mol. The van der Waals surface area contributed by atoms with E-state index in [1.165, 1.54) is 0 Å². The van der Waals surface area contributed by atoms with Gasteiger partial charge in [0.05, 0.1) is 6.54 Å². The third-order valence-electron chi connectivity index (χ3n) is 3.07. The Morgan fingerprint density at radius 1 is 1.14 bits per heavy atom. The zero-order valence-electron chi connectivity index (χ0n) is 12.0. The minimum absolute atomic E-state index is 0. The molecular weight excluding hydrogens is 286 g/mol. The largest absolute Gasteiger partial charge is 0.376 e. The summed E-state index contributed by atoms with van der Waals surface area (Å²) in [7, 11) is 1.82. The Labute approximate surface area is 131 Å². The number of benzene rings is 1. The summed E-state index contributed by atoms with van der Waals surface area (Å²) in [5, 5.41) is 3.12. The lowest BCUT2D eigenvalue weighted by Gasteiger charge is -2.17. The van der Waals surface area contributed by atoms with E-state index in [9.17, 15) is 4.79 Å². The molecule has 0 fully saturated rings. The van der Waals surface area contributed by atoms with Crippen molar-refractivity contribution in [3.05, 3.63) is 60.4 Å². The number of nitrogens with zero attached hydrogens (tertiary/aromatic N) is 2. The fraction of sp³-hybridized carbons (Fsp3) is 0.250. The first-order chi connectivity index (χ1) is 9.75. The zero-order valence-corrected chi connectivity index (χ0v) is 12.8. The van der Waals surface area contributed by atoms with Crippen LogP contribution >= 0.6 is 12.4 Å². The van der Waals surface area contributed by atoms with E-state index in [0.29, 0.717) is 13.1 Å². The van der Waals surface area contributed by atoms with E-state index in [1.54, 1.807) is 11.1 Å². The van der Waals surface area contributed by atoms with E-state index in [1.807, 2.05) is 55.6 Å². The predicted octanol–water partition coefficient (Wildman–Crippen LogP) is 2.62. The topological polar surface area (TPSA) is 45.2 Å². The molecule has 2 aromatic rings. The second-order valence-electron chi connectivity index (χ2n) is 4.61. The van der Waals surface area contributed by atoms with Crippen LogP contribution in [0.1, 0.15) is 5.69 Å². The molecule has 0 unspecified atom stereocenters. The summed E-state index contributed by atoms with van der Waals surface area (Å²) in [5.74, 6) is 0.0739. The first kappa shape index (κ1) is 17.0. The van der Waals surface area contributed by atoms with Crippen LogP contribution in [-0.4, -0.2) is 35.9 Å². The van der Waals surface area contributed by atoms with Gasteiger partial charge in [0.25, 0.3) is 0 Å². The summed E-state index contributed by atoms with van der Waals surface area (Å²) >= 11 is 0. The van der Waals surface area contributed by atoms with Crippen molar-refractivity contribution in [1.29, 1.82) is 0 Å². The maximum Gasteiger partial charge on any atom is 0.241 e. The molecule has 0 radical (unpaired) electrons. The summed E-state index contributed by atoms with van der Waals surface area (Å²) in [4.78, 5) is 18.0. The monoisotopic (exact) mass is 305 g/mol. The number of anilines is 1. The second kappa shape index (κ2) is 8.97. The van der Waals surface area contributed by atoms with E-state index >= 15 is 0 Å². The molecule has 1 aromatic carbocycles. The van der Waals surface area contributed by atoms with Crippen LogP contribution in [-0.2, 0) is 11.2 Å². The third-order valence-corrected chi connectivity index (χ3v) is 3.07. The van der Waals surface area contributed by atoms with Gasteiger partial charge in [0.1, 0.15) is 0 Å². The van der Waals surface area contributed by atoms with E-state index in [4.69, 9.17) is 0 Å². The molecule has 0 aliphatic heterocycles. The number of carbonyl (C=O) groups excluding carboxylic acids is 1. The van der Waals surface area contributed by atoms with Gasteiger partial charge >= 0.3 is 0 Å². The lowest BCUT2D eigenvalue weighted by Crippen LogP contribution is -2.33. The van der Waals surface area contributed by atoms with Crippen molar-refractivity contribution < 1.29 is 4.79 Å². The van der Waals surface area contributed by atoms with Crippen molar-refractivity contribution in [2.45, 2.75) is 6.42 Å². The number of halogens is 1. The minimum Gasteiger partial charge on any atom is -0.376 e. The van der Waals surface area contributed by atoms with Crippen LogP contribution in [0.5, 0.6) is 0 Å². The van der Waals surface area contributed by atoms with Gasteiger partial charge < -0.3 is 10.2 Å². The van der Waals surface area contributed by atoms with Crippen molar-refractivity contribution in [3.8, 4) is 0 Å². The molecule has 0 atom stereocenters. The summed E-state index contributed by atoms with van der Waals surface area (Å²) in [6, 6.07) is 15.5. The second-order valence-corrected chi connectivity index (χ2v) is 4.61. The number of pyridine rings is 1. The molecule has 5 heteroatoms. The number of amides is 1. The number of hydrogen-bond acceptors (Lipinski definition) is 3. The van der Waals surface area contributed by atoms with Gasteiger partial charge in [-0.25, -0.2) is 0 Å². The fourth-order valence-electron chi connectivity index (χ4n) is 1.82. The van der Waals surface area contributed by atoms with Crippen molar-refractivity contribution in [2.24, 2.45) is 0 Å².